The van der Waals surface area contributed by atoms with Crippen molar-refractivity contribution in [2.45, 2.75) is 51.9 Å². The van der Waals surface area contributed by atoms with Gasteiger partial charge in [0.1, 0.15) is 0 Å². The van der Waals surface area contributed by atoms with Crippen LogP contribution in [-0.2, 0) is 9.47 Å². The van der Waals surface area contributed by atoms with Gasteiger partial charge in [-0.2, -0.15) is 0 Å². The summed E-state index contributed by atoms with van der Waals surface area (Å²) in [5.41, 5.74) is -0.0843. The summed E-state index contributed by atoms with van der Waals surface area (Å²) in [5.74, 6) is 0. The molecule has 0 amide bonds. The number of rotatable bonds is 3. The Hall–Kier alpha value is -0.120. The van der Waals surface area contributed by atoms with E-state index < -0.39 is 0 Å². The van der Waals surface area contributed by atoms with Gasteiger partial charge in [0, 0.05) is 12.6 Å². The van der Waals surface area contributed by atoms with Crippen LogP contribution in [0.3, 0.4) is 0 Å². The molecule has 1 rings (SSSR count). The van der Waals surface area contributed by atoms with E-state index in [1.54, 1.807) is 0 Å². The number of likely N-dealkylation sites (N-methyl/N-ethyl adjacent to an activating group) is 1. The molecule has 84 valence electrons. The van der Waals surface area contributed by atoms with Gasteiger partial charge in [-0.25, -0.2) is 0 Å². The molecule has 0 aromatic rings. The molecule has 0 spiro atoms. The van der Waals surface area contributed by atoms with Gasteiger partial charge >= 0.3 is 0 Å². The van der Waals surface area contributed by atoms with Crippen LogP contribution in [0, 0.1) is 0 Å². The average molecular weight is 201 g/mol. The average Bonchev–Trinajstić information content (AvgIpc) is 2.06. The summed E-state index contributed by atoms with van der Waals surface area (Å²) in [4.78, 5) is 0. The number of hydrogen-bond acceptors (Lipinski definition) is 3. The Balaban J connectivity index is 2.45. The summed E-state index contributed by atoms with van der Waals surface area (Å²) in [6, 6.07) is 0.452. The summed E-state index contributed by atoms with van der Waals surface area (Å²) < 4.78 is 11.4. The molecule has 2 atom stereocenters. The third-order valence-electron chi connectivity index (χ3n) is 2.28. The fourth-order valence-electron chi connectivity index (χ4n) is 1.78. The molecule has 1 aliphatic rings. The summed E-state index contributed by atoms with van der Waals surface area (Å²) in [6.45, 7) is 11.0. The van der Waals surface area contributed by atoms with Crippen molar-refractivity contribution in [3.63, 3.8) is 0 Å². The van der Waals surface area contributed by atoms with Gasteiger partial charge in [0.2, 0.25) is 0 Å². The SMILES string of the molecule is CCNC1CCOCC1OC(C)(C)C. The van der Waals surface area contributed by atoms with Crippen molar-refractivity contribution in [2.75, 3.05) is 19.8 Å². The lowest BCUT2D eigenvalue weighted by molar-refractivity contribution is -0.127. The van der Waals surface area contributed by atoms with E-state index in [-0.39, 0.29) is 11.7 Å². The zero-order valence-electron chi connectivity index (χ0n) is 9.80. The maximum atomic E-state index is 5.96. The van der Waals surface area contributed by atoms with Crippen LogP contribution in [0.5, 0.6) is 0 Å². The minimum absolute atomic E-state index is 0.0843. The fourth-order valence-corrected chi connectivity index (χ4v) is 1.78. The Labute approximate surface area is 87.2 Å². The van der Waals surface area contributed by atoms with Crippen molar-refractivity contribution in [3.05, 3.63) is 0 Å². The third kappa shape index (κ3) is 3.95. The third-order valence-corrected chi connectivity index (χ3v) is 2.28. The molecule has 2 unspecified atom stereocenters. The highest BCUT2D eigenvalue weighted by Gasteiger charge is 2.29. The molecule has 1 aliphatic heterocycles. The van der Waals surface area contributed by atoms with E-state index in [4.69, 9.17) is 9.47 Å². The molecule has 1 heterocycles. The minimum Gasteiger partial charge on any atom is -0.379 e. The molecular weight excluding hydrogens is 178 g/mol. The molecule has 0 aromatic carbocycles. The fraction of sp³-hybridized carbons (Fsp3) is 1.00. The summed E-state index contributed by atoms with van der Waals surface area (Å²) in [6.07, 6.45) is 1.25. The number of nitrogens with one attached hydrogen (secondary N) is 1. The molecule has 0 bridgehead atoms. The van der Waals surface area contributed by atoms with Gasteiger partial charge in [-0.15, -0.1) is 0 Å². The molecule has 0 aliphatic carbocycles. The monoisotopic (exact) mass is 201 g/mol. The Kier molecular flexibility index (Phi) is 4.35. The highest BCUT2D eigenvalue weighted by atomic mass is 16.5. The molecular formula is C11H23NO2. The lowest BCUT2D eigenvalue weighted by Gasteiger charge is -2.36. The molecule has 1 N–H and O–H groups in total. The molecule has 1 saturated heterocycles. The minimum atomic E-state index is -0.0843. The molecule has 0 radical (unpaired) electrons. The van der Waals surface area contributed by atoms with Gasteiger partial charge in [0.15, 0.2) is 0 Å². The van der Waals surface area contributed by atoms with Crippen LogP contribution in [0.25, 0.3) is 0 Å². The topological polar surface area (TPSA) is 30.5 Å². The van der Waals surface area contributed by atoms with Crippen LogP contribution in [0.4, 0.5) is 0 Å². The highest BCUT2D eigenvalue weighted by Crippen LogP contribution is 2.18. The normalized spacial score (nSPS) is 29.1. The Morgan fingerprint density at radius 2 is 2.14 bits per heavy atom. The first-order chi connectivity index (χ1) is 6.53. The van der Waals surface area contributed by atoms with Gasteiger partial charge in [-0.05, 0) is 33.7 Å². The van der Waals surface area contributed by atoms with E-state index in [0.29, 0.717) is 6.04 Å². The number of hydrogen-bond donors (Lipinski definition) is 1. The van der Waals surface area contributed by atoms with E-state index in [1.807, 2.05) is 0 Å². The quantitative estimate of drug-likeness (QED) is 0.752. The summed E-state index contributed by atoms with van der Waals surface area (Å²) in [5, 5.41) is 3.45. The highest BCUT2D eigenvalue weighted by molar-refractivity contribution is 4.82. The smallest absolute Gasteiger partial charge is 0.0968 e. The molecule has 3 nitrogen and oxygen atoms in total. The van der Waals surface area contributed by atoms with Crippen molar-refractivity contribution in [1.29, 1.82) is 0 Å². The van der Waals surface area contributed by atoms with Crippen LogP contribution < -0.4 is 5.32 Å². The van der Waals surface area contributed by atoms with Crippen LogP contribution in [0.1, 0.15) is 34.1 Å². The Morgan fingerprint density at radius 3 is 2.71 bits per heavy atom. The van der Waals surface area contributed by atoms with E-state index in [2.05, 4.69) is 33.0 Å². The van der Waals surface area contributed by atoms with Crippen molar-refractivity contribution < 1.29 is 9.47 Å². The zero-order chi connectivity index (χ0) is 10.6. The molecule has 0 saturated carbocycles. The van der Waals surface area contributed by atoms with Crippen LogP contribution in [0.2, 0.25) is 0 Å². The summed E-state index contributed by atoms with van der Waals surface area (Å²) in [7, 11) is 0. The van der Waals surface area contributed by atoms with E-state index in [0.717, 1.165) is 26.2 Å². The summed E-state index contributed by atoms with van der Waals surface area (Å²) >= 11 is 0. The maximum absolute atomic E-state index is 5.96. The predicted molar refractivity (Wildman–Crippen MR) is 57.5 cm³/mol. The molecule has 0 aromatic heterocycles. The van der Waals surface area contributed by atoms with Gasteiger partial charge in [-0.1, -0.05) is 6.92 Å². The predicted octanol–water partition coefficient (Wildman–Crippen LogP) is 1.57. The van der Waals surface area contributed by atoms with Crippen molar-refractivity contribution in [1.82, 2.24) is 5.32 Å². The lowest BCUT2D eigenvalue weighted by Crippen LogP contribution is -2.50. The zero-order valence-corrected chi connectivity index (χ0v) is 9.80. The van der Waals surface area contributed by atoms with Gasteiger partial charge in [0.05, 0.1) is 18.3 Å². The van der Waals surface area contributed by atoms with E-state index in [9.17, 15) is 0 Å². The second-order valence-electron chi connectivity index (χ2n) is 4.80. The van der Waals surface area contributed by atoms with Crippen molar-refractivity contribution in [2.24, 2.45) is 0 Å². The van der Waals surface area contributed by atoms with Crippen molar-refractivity contribution >= 4 is 0 Å². The second-order valence-corrected chi connectivity index (χ2v) is 4.80. The Bertz CT molecular complexity index is 163. The lowest BCUT2D eigenvalue weighted by atomic mass is 10.0. The standard InChI is InChI=1S/C11H23NO2/c1-5-12-9-6-7-13-8-10(9)14-11(2,3)4/h9-10,12H,5-8H2,1-4H3. The first kappa shape index (κ1) is 12.0. The maximum Gasteiger partial charge on any atom is 0.0968 e. The van der Waals surface area contributed by atoms with Gasteiger partial charge < -0.3 is 14.8 Å². The van der Waals surface area contributed by atoms with Crippen molar-refractivity contribution in [3.8, 4) is 0 Å². The largest absolute Gasteiger partial charge is 0.379 e. The molecule has 3 heteroatoms. The molecule has 14 heavy (non-hydrogen) atoms. The first-order valence-corrected chi connectivity index (χ1v) is 5.52. The van der Waals surface area contributed by atoms with Gasteiger partial charge in [-0.3, -0.25) is 0 Å². The first-order valence-electron chi connectivity index (χ1n) is 5.52. The van der Waals surface area contributed by atoms with Crippen LogP contribution in [-0.4, -0.2) is 37.5 Å². The number of ether oxygens (including phenoxy) is 2. The van der Waals surface area contributed by atoms with Crippen LogP contribution in [0.15, 0.2) is 0 Å². The Morgan fingerprint density at radius 1 is 1.43 bits per heavy atom. The molecule has 1 fully saturated rings. The second kappa shape index (κ2) is 5.10. The van der Waals surface area contributed by atoms with E-state index >= 15 is 0 Å². The van der Waals surface area contributed by atoms with E-state index in [1.165, 1.54) is 0 Å². The van der Waals surface area contributed by atoms with Crippen LogP contribution >= 0.6 is 0 Å². The van der Waals surface area contributed by atoms with Gasteiger partial charge in [0.25, 0.3) is 0 Å².